The Morgan fingerprint density at radius 1 is 1.35 bits per heavy atom. The maximum absolute atomic E-state index is 11.1. The van der Waals surface area contributed by atoms with Gasteiger partial charge in [-0.2, -0.15) is 0 Å². The molecule has 1 aliphatic rings. The number of carboxylic acids is 1. The van der Waals surface area contributed by atoms with Gasteiger partial charge in [0.2, 0.25) is 0 Å². The summed E-state index contributed by atoms with van der Waals surface area (Å²) in [5.74, 6) is -1.18. The number of carbonyl (C=O) groups is 1. The Balaban J connectivity index is 2.06. The molecule has 0 radical (unpaired) electrons. The minimum atomic E-state index is -0.771. The number of ether oxygens (including phenoxy) is 1. The molecule has 0 aromatic heterocycles. The van der Waals surface area contributed by atoms with Gasteiger partial charge < -0.3 is 9.84 Å². The molecule has 1 N–H and O–H groups in total. The van der Waals surface area contributed by atoms with E-state index in [0.717, 1.165) is 12.0 Å². The van der Waals surface area contributed by atoms with Gasteiger partial charge in [0.25, 0.3) is 0 Å². The Morgan fingerprint density at radius 3 is 2.82 bits per heavy atom. The molecule has 0 spiro atoms. The third kappa shape index (κ3) is 3.17. The average molecular weight is 232 g/mol. The fourth-order valence-electron chi connectivity index (χ4n) is 2.03. The molecule has 2 atom stereocenters. The molecule has 1 aliphatic heterocycles. The molecule has 2 rings (SSSR count). The number of carboxylic acid groups (broad SMARTS) is 1. The lowest BCUT2D eigenvalue weighted by Crippen LogP contribution is -2.33. The first-order valence-electron chi connectivity index (χ1n) is 5.85. The van der Waals surface area contributed by atoms with E-state index in [1.807, 2.05) is 42.5 Å². The molecule has 3 heteroatoms. The van der Waals surface area contributed by atoms with Crippen molar-refractivity contribution >= 4 is 12.0 Å². The molecule has 0 amide bonds. The van der Waals surface area contributed by atoms with Gasteiger partial charge in [0.15, 0.2) is 0 Å². The third-order valence-electron chi connectivity index (χ3n) is 2.96. The van der Waals surface area contributed by atoms with Gasteiger partial charge in [0.1, 0.15) is 0 Å². The Labute approximate surface area is 101 Å². The fourth-order valence-corrected chi connectivity index (χ4v) is 2.03. The minimum absolute atomic E-state index is 0.304. The van der Waals surface area contributed by atoms with Crippen LogP contribution in [0, 0.1) is 5.92 Å². The second-order valence-corrected chi connectivity index (χ2v) is 4.19. The van der Waals surface area contributed by atoms with Gasteiger partial charge in [-0.1, -0.05) is 42.5 Å². The van der Waals surface area contributed by atoms with E-state index in [0.29, 0.717) is 13.0 Å². The van der Waals surface area contributed by atoms with Crippen LogP contribution in [-0.2, 0) is 9.53 Å². The number of rotatable bonds is 3. The first-order valence-corrected chi connectivity index (χ1v) is 5.85. The fraction of sp³-hybridized carbons (Fsp3) is 0.357. The standard InChI is InChI=1S/C14H16O3/c15-14(16)12-7-4-10-17-13(12)9-8-11-5-2-1-3-6-11/h1-3,5-6,8-9,12-13H,4,7,10H2,(H,15,16)/t12-,13-/m1/s1. The van der Waals surface area contributed by atoms with Crippen molar-refractivity contribution in [3.8, 4) is 0 Å². The molecule has 0 unspecified atom stereocenters. The number of benzene rings is 1. The third-order valence-corrected chi connectivity index (χ3v) is 2.96. The van der Waals surface area contributed by atoms with Gasteiger partial charge >= 0.3 is 5.97 Å². The smallest absolute Gasteiger partial charge is 0.309 e. The quantitative estimate of drug-likeness (QED) is 0.871. The minimum Gasteiger partial charge on any atom is -0.481 e. The highest BCUT2D eigenvalue weighted by atomic mass is 16.5. The highest BCUT2D eigenvalue weighted by molar-refractivity contribution is 5.71. The zero-order valence-corrected chi connectivity index (χ0v) is 9.58. The molecule has 0 saturated carbocycles. The van der Waals surface area contributed by atoms with E-state index >= 15 is 0 Å². The van der Waals surface area contributed by atoms with Crippen molar-refractivity contribution in [2.24, 2.45) is 5.92 Å². The second-order valence-electron chi connectivity index (χ2n) is 4.19. The van der Waals surface area contributed by atoms with E-state index in [1.54, 1.807) is 0 Å². The predicted molar refractivity (Wildman–Crippen MR) is 65.6 cm³/mol. The van der Waals surface area contributed by atoms with Crippen LogP contribution in [0.5, 0.6) is 0 Å². The van der Waals surface area contributed by atoms with Crippen LogP contribution in [0.3, 0.4) is 0 Å². The lowest BCUT2D eigenvalue weighted by molar-refractivity contribution is -0.149. The summed E-state index contributed by atoms with van der Waals surface area (Å²) in [5, 5.41) is 9.09. The zero-order valence-electron chi connectivity index (χ0n) is 9.58. The molecule has 17 heavy (non-hydrogen) atoms. The van der Waals surface area contributed by atoms with Gasteiger partial charge in [-0.3, -0.25) is 4.79 Å². The highest BCUT2D eigenvalue weighted by Crippen LogP contribution is 2.22. The first-order chi connectivity index (χ1) is 8.27. The van der Waals surface area contributed by atoms with Crippen LogP contribution >= 0.6 is 0 Å². The lowest BCUT2D eigenvalue weighted by Gasteiger charge is -2.26. The van der Waals surface area contributed by atoms with Crippen molar-refractivity contribution < 1.29 is 14.6 Å². The molecule has 1 saturated heterocycles. The first kappa shape index (κ1) is 11.9. The van der Waals surface area contributed by atoms with Crippen molar-refractivity contribution in [1.82, 2.24) is 0 Å². The van der Waals surface area contributed by atoms with Crippen LogP contribution in [0.25, 0.3) is 6.08 Å². The number of hydrogen-bond donors (Lipinski definition) is 1. The SMILES string of the molecule is O=C(O)[C@@H]1CCCO[C@@H]1C=Cc1ccccc1. The molecular formula is C14H16O3. The Morgan fingerprint density at radius 2 is 2.12 bits per heavy atom. The summed E-state index contributed by atoms with van der Waals surface area (Å²) in [6, 6.07) is 9.82. The van der Waals surface area contributed by atoms with Crippen molar-refractivity contribution in [3.63, 3.8) is 0 Å². The van der Waals surface area contributed by atoms with Crippen LogP contribution in [-0.4, -0.2) is 23.8 Å². The summed E-state index contributed by atoms with van der Waals surface area (Å²) >= 11 is 0. The maximum atomic E-state index is 11.1. The van der Waals surface area contributed by atoms with Gasteiger partial charge in [-0.15, -0.1) is 0 Å². The van der Waals surface area contributed by atoms with E-state index < -0.39 is 11.9 Å². The predicted octanol–water partition coefficient (Wildman–Crippen LogP) is 2.58. The Kier molecular flexibility index (Phi) is 3.94. The number of aliphatic carboxylic acids is 1. The van der Waals surface area contributed by atoms with Crippen LogP contribution in [0.15, 0.2) is 36.4 Å². The van der Waals surface area contributed by atoms with Crippen molar-refractivity contribution in [2.75, 3.05) is 6.61 Å². The van der Waals surface area contributed by atoms with E-state index in [9.17, 15) is 4.79 Å². The van der Waals surface area contributed by atoms with Gasteiger partial charge in [-0.25, -0.2) is 0 Å². The maximum Gasteiger partial charge on any atom is 0.309 e. The number of hydrogen-bond acceptors (Lipinski definition) is 2. The molecule has 0 aliphatic carbocycles. The monoisotopic (exact) mass is 232 g/mol. The second kappa shape index (κ2) is 5.64. The summed E-state index contributed by atoms with van der Waals surface area (Å²) in [7, 11) is 0. The van der Waals surface area contributed by atoms with Crippen LogP contribution < -0.4 is 0 Å². The van der Waals surface area contributed by atoms with Gasteiger partial charge in [0.05, 0.1) is 12.0 Å². The van der Waals surface area contributed by atoms with Crippen LogP contribution in [0.2, 0.25) is 0 Å². The molecule has 1 aromatic carbocycles. The molecule has 1 heterocycles. The van der Waals surface area contributed by atoms with E-state index in [4.69, 9.17) is 9.84 Å². The Hall–Kier alpha value is -1.61. The van der Waals surface area contributed by atoms with Crippen molar-refractivity contribution in [1.29, 1.82) is 0 Å². The van der Waals surface area contributed by atoms with Crippen molar-refractivity contribution in [2.45, 2.75) is 18.9 Å². The summed E-state index contributed by atoms with van der Waals surface area (Å²) < 4.78 is 5.51. The topological polar surface area (TPSA) is 46.5 Å². The molecule has 1 fully saturated rings. The molecule has 3 nitrogen and oxygen atoms in total. The molecule has 1 aromatic rings. The van der Waals surface area contributed by atoms with Gasteiger partial charge in [-0.05, 0) is 18.4 Å². The van der Waals surface area contributed by atoms with E-state index in [1.165, 1.54) is 0 Å². The van der Waals surface area contributed by atoms with E-state index in [-0.39, 0.29) is 6.10 Å². The summed E-state index contributed by atoms with van der Waals surface area (Å²) in [6.07, 6.45) is 4.99. The normalized spacial score (nSPS) is 24.9. The molecular weight excluding hydrogens is 216 g/mol. The highest BCUT2D eigenvalue weighted by Gasteiger charge is 2.29. The Bertz CT molecular complexity index is 397. The molecule has 90 valence electrons. The van der Waals surface area contributed by atoms with Crippen LogP contribution in [0.4, 0.5) is 0 Å². The van der Waals surface area contributed by atoms with E-state index in [2.05, 4.69) is 0 Å². The van der Waals surface area contributed by atoms with Gasteiger partial charge in [0, 0.05) is 6.61 Å². The van der Waals surface area contributed by atoms with Crippen LogP contribution in [0.1, 0.15) is 18.4 Å². The molecule has 0 bridgehead atoms. The largest absolute Gasteiger partial charge is 0.481 e. The summed E-state index contributed by atoms with van der Waals surface area (Å²) in [5.41, 5.74) is 1.06. The average Bonchev–Trinajstić information content (AvgIpc) is 2.38. The summed E-state index contributed by atoms with van der Waals surface area (Å²) in [4.78, 5) is 11.1. The zero-order chi connectivity index (χ0) is 12.1. The summed E-state index contributed by atoms with van der Waals surface area (Å²) in [6.45, 7) is 0.646. The van der Waals surface area contributed by atoms with Crippen molar-refractivity contribution in [3.05, 3.63) is 42.0 Å². The lowest BCUT2D eigenvalue weighted by atomic mass is 9.94.